The Hall–Kier alpha value is -1.78. The molecule has 0 atom stereocenters. The van der Waals surface area contributed by atoms with Crippen molar-refractivity contribution in [3.63, 3.8) is 0 Å². The first-order valence-electron chi connectivity index (χ1n) is 6.66. The number of benzene rings is 1. The summed E-state index contributed by atoms with van der Waals surface area (Å²) in [5.41, 5.74) is 1.22. The van der Waals surface area contributed by atoms with E-state index in [0.717, 1.165) is 31.9 Å². The molecule has 5 heteroatoms. The van der Waals surface area contributed by atoms with E-state index in [1.807, 2.05) is 12.1 Å². The lowest BCUT2D eigenvalue weighted by Crippen LogP contribution is -2.43. The Labute approximate surface area is 123 Å². The lowest BCUT2D eigenvalue weighted by molar-refractivity contribution is 0.482. The number of hydrogen-bond donors (Lipinski definition) is 1. The van der Waals surface area contributed by atoms with Gasteiger partial charge in [-0.1, -0.05) is 11.6 Å². The number of halogens is 1. The number of ether oxygens (including phenoxy) is 1. The van der Waals surface area contributed by atoms with Gasteiger partial charge in [-0.25, -0.2) is 0 Å². The van der Waals surface area contributed by atoms with Gasteiger partial charge < -0.3 is 15.0 Å². The number of rotatable bonds is 3. The van der Waals surface area contributed by atoms with Crippen molar-refractivity contribution in [3.05, 3.63) is 47.7 Å². The van der Waals surface area contributed by atoms with Crippen LogP contribution in [0.5, 0.6) is 11.5 Å². The third-order valence-electron chi connectivity index (χ3n) is 3.28. The zero-order chi connectivity index (χ0) is 13.8. The van der Waals surface area contributed by atoms with Gasteiger partial charge in [0.05, 0.1) is 0 Å². The Balaban J connectivity index is 1.71. The second-order valence-electron chi connectivity index (χ2n) is 4.64. The number of anilines is 1. The highest BCUT2D eigenvalue weighted by Crippen LogP contribution is 2.29. The molecule has 104 valence electrons. The number of hydrogen-bond acceptors (Lipinski definition) is 4. The Morgan fingerprint density at radius 3 is 2.55 bits per heavy atom. The molecule has 0 bridgehead atoms. The van der Waals surface area contributed by atoms with Gasteiger partial charge in [-0.2, -0.15) is 0 Å². The Kier molecular flexibility index (Phi) is 4.04. The minimum Gasteiger partial charge on any atom is -0.456 e. The van der Waals surface area contributed by atoms with Gasteiger partial charge in [0.1, 0.15) is 16.5 Å². The molecule has 0 unspecified atom stereocenters. The molecule has 4 nitrogen and oxygen atoms in total. The highest BCUT2D eigenvalue weighted by Gasteiger charge is 2.10. The van der Waals surface area contributed by atoms with Gasteiger partial charge in [0, 0.05) is 50.3 Å². The minimum absolute atomic E-state index is 0.513. The molecule has 0 amide bonds. The maximum Gasteiger partial charge on any atom is 0.149 e. The third-order valence-corrected chi connectivity index (χ3v) is 3.57. The Bertz CT molecular complexity index is 568. The minimum atomic E-state index is 0.513. The molecule has 1 N–H and O–H groups in total. The van der Waals surface area contributed by atoms with Crippen LogP contribution in [0.3, 0.4) is 0 Å². The SMILES string of the molecule is Clc1cnccc1Oc1ccc(N2CCNCC2)cc1. The predicted molar refractivity (Wildman–Crippen MR) is 80.8 cm³/mol. The molecule has 20 heavy (non-hydrogen) atoms. The van der Waals surface area contributed by atoms with E-state index < -0.39 is 0 Å². The molecule has 0 saturated carbocycles. The first-order valence-corrected chi connectivity index (χ1v) is 7.04. The van der Waals surface area contributed by atoms with E-state index in [1.54, 1.807) is 18.5 Å². The fourth-order valence-corrected chi connectivity index (χ4v) is 2.38. The molecule has 1 aromatic heterocycles. The van der Waals surface area contributed by atoms with Gasteiger partial charge in [0.2, 0.25) is 0 Å². The second kappa shape index (κ2) is 6.11. The van der Waals surface area contributed by atoms with Crippen LogP contribution in [0, 0.1) is 0 Å². The van der Waals surface area contributed by atoms with Gasteiger partial charge in [0.15, 0.2) is 0 Å². The second-order valence-corrected chi connectivity index (χ2v) is 5.05. The molecule has 1 saturated heterocycles. The third kappa shape index (κ3) is 3.03. The van der Waals surface area contributed by atoms with Crippen molar-refractivity contribution in [2.75, 3.05) is 31.1 Å². The summed E-state index contributed by atoms with van der Waals surface area (Å²) in [6, 6.07) is 9.85. The van der Waals surface area contributed by atoms with Crippen LogP contribution in [0.4, 0.5) is 5.69 Å². The average Bonchev–Trinajstić information content (AvgIpc) is 2.51. The Morgan fingerprint density at radius 1 is 1.10 bits per heavy atom. The first kappa shape index (κ1) is 13.2. The molecular weight excluding hydrogens is 274 g/mol. The summed E-state index contributed by atoms with van der Waals surface area (Å²) in [5, 5.41) is 3.86. The molecule has 2 heterocycles. The van der Waals surface area contributed by atoms with Crippen LogP contribution in [0.2, 0.25) is 5.02 Å². The first-order chi connectivity index (χ1) is 9.83. The standard InChI is InChI=1S/C15H16ClN3O/c16-14-11-18-6-5-15(14)20-13-3-1-12(2-4-13)19-9-7-17-8-10-19/h1-6,11,17H,7-10H2. The fourth-order valence-electron chi connectivity index (χ4n) is 2.22. The zero-order valence-electron chi connectivity index (χ0n) is 11.1. The quantitative estimate of drug-likeness (QED) is 0.943. The van der Waals surface area contributed by atoms with Crippen molar-refractivity contribution >= 4 is 17.3 Å². The molecule has 1 aliphatic rings. The van der Waals surface area contributed by atoms with Crippen molar-refractivity contribution in [2.24, 2.45) is 0 Å². The number of aromatic nitrogens is 1. The van der Waals surface area contributed by atoms with Gasteiger partial charge in [-0.15, -0.1) is 0 Å². The summed E-state index contributed by atoms with van der Waals surface area (Å²) in [7, 11) is 0. The van der Waals surface area contributed by atoms with E-state index >= 15 is 0 Å². The van der Waals surface area contributed by atoms with Crippen molar-refractivity contribution < 1.29 is 4.74 Å². The lowest BCUT2D eigenvalue weighted by Gasteiger charge is -2.29. The summed E-state index contributed by atoms with van der Waals surface area (Å²) in [6.07, 6.45) is 3.24. The predicted octanol–water partition coefficient (Wildman–Crippen LogP) is 2.94. The van der Waals surface area contributed by atoms with Crippen LogP contribution in [-0.2, 0) is 0 Å². The van der Waals surface area contributed by atoms with E-state index in [-0.39, 0.29) is 0 Å². The summed E-state index contributed by atoms with van der Waals surface area (Å²) in [6.45, 7) is 4.14. The van der Waals surface area contributed by atoms with Gasteiger partial charge in [0.25, 0.3) is 0 Å². The van der Waals surface area contributed by atoms with Crippen LogP contribution < -0.4 is 15.0 Å². The topological polar surface area (TPSA) is 37.4 Å². The molecular formula is C15H16ClN3O. The van der Waals surface area contributed by atoms with Crippen molar-refractivity contribution in [3.8, 4) is 11.5 Å². The van der Waals surface area contributed by atoms with Crippen LogP contribution in [-0.4, -0.2) is 31.2 Å². The lowest BCUT2D eigenvalue weighted by atomic mass is 10.2. The summed E-state index contributed by atoms with van der Waals surface area (Å²) in [5.74, 6) is 1.40. The molecule has 0 spiro atoms. The molecule has 0 aliphatic carbocycles. The van der Waals surface area contributed by atoms with E-state index in [2.05, 4.69) is 27.3 Å². The highest BCUT2D eigenvalue weighted by atomic mass is 35.5. The summed E-state index contributed by atoms with van der Waals surface area (Å²) < 4.78 is 5.75. The smallest absolute Gasteiger partial charge is 0.149 e. The normalized spacial score (nSPS) is 15.2. The fraction of sp³-hybridized carbons (Fsp3) is 0.267. The molecule has 0 radical (unpaired) electrons. The number of nitrogens with zero attached hydrogens (tertiary/aromatic N) is 2. The maximum absolute atomic E-state index is 6.02. The van der Waals surface area contributed by atoms with Crippen LogP contribution >= 0.6 is 11.6 Å². The van der Waals surface area contributed by atoms with Gasteiger partial charge >= 0.3 is 0 Å². The molecule has 1 aromatic carbocycles. The van der Waals surface area contributed by atoms with Gasteiger partial charge in [-0.05, 0) is 24.3 Å². The Morgan fingerprint density at radius 2 is 1.85 bits per heavy atom. The van der Waals surface area contributed by atoms with E-state index in [9.17, 15) is 0 Å². The maximum atomic E-state index is 6.02. The van der Waals surface area contributed by atoms with Crippen LogP contribution in [0.15, 0.2) is 42.7 Å². The largest absolute Gasteiger partial charge is 0.456 e. The van der Waals surface area contributed by atoms with Crippen LogP contribution in [0.25, 0.3) is 0 Å². The molecule has 2 aromatic rings. The number of nitrogens with one attached hydrogen (secondary N) is 1. The number of piperazine rings is 1. The van der Waals surface area contributed by atoms with E-state index in [0.29, 0.717) is 10.8 Å². The molecule has 3 rings (SSSR count). The van der Waals surface area contributed by atoms with Crippen molar-refractivity contribution in [1.82, 2.24) is 10.3 Å². The van der Waals surface area contributed by atoms with Gasteiger partial charge in [-0.3, -0.25) is 4.98 Å². The molecule has 1 aliphatic heterocycles. The average molecular weight is 290 g/mol. The van der Waals surface area contributed by atoms with Crippen molar-refractivity contribution in [1.29, 1.82) is 0 Å². The number of pyridine rings is 1. The summed E-state index contributed by atoms with van der Waals surface area (Å²) in [4.78, 5) is 6.30. The monoisotopic (exact) mass is 289 g/mol. The van der Waals surface area contributed by atoms with Crippen molar-refractivity contribution in [2.45, 2.75) is 0 Å². The van der Waals surface area contributed by atoms with E-state index in [1.165, 1.54) is 5.69 Å². The summed E-state index contributed by atoms with van der Waals surface area (Å²) >= 11 is 6.02. The van der Waals surface area contributed by atoms with E-state index in [4.69, 9.17) is 16.3 Å². The zero-order valence-corrected chi connectivity index (χ0v) is 11.8. The highest BCUT2D eigenvalue weighted by molar-refractivity contribution is 6.31. The van der Waals surface area contributed by atoms with Crippen LogP contribution in [0.1, 0.15) is 0 Å². The molecule has 1 fully saturated rings.